The first kappa shape index (κ1) is 15.1. The van der Waals surface area contributed by atoms with E-state index >= 15 is 0 Å². The zero-order chi connectivity index (χ0) is 14.5. The molecule has 0 bridgehead atoms. The highest BCUT2D eigenvalue weighted by atomic mass is 35.5. The van der Waals surface area contributed by atoms with E-state index in [2.05, 4.69) is 4.90 Å². The number of carboxylic acids is 1. The number of methoxy groups -OCH3 is 1. The van der Waals surface area contributed by atoms with Crippen molar-refractivity contribution in [3.8, 4) is 5.75 Å². The van der Waals surface area contributed by atoms with Crippen molar-refractivity contribution in [2.45, 2.75) is 31.7 Å². The molecular formula is C15H20ClNO3. The largest absolute Gasteiger partial charge is 0.495 e. The van der Waals surface area contributed by atoms with Crippen molar-refractivity contribution in [3.63, 3.8) is 0 Å². The highest BCUT2D eigenvalue weighted by Crippen LogP contribution is 2.26. The van der Waals surface area contributed by atoms with Gasteiger partial charge in [-0.3, -0.25) is 9.69 Å². The molecule has 0 radical (unpaired) electrons. The third kappa shape index (κ3) is 3.64. The van der Waals surface area contributed by atoms with Gasteiger partial charge in [0.05, 0.1) is 12.1 Å². The molecule has 2 rings (SSSR count). The molecule has 1 aromatic carbocycles. The van der Waals surface area contributed by atoms with Gasteiger partial charge in [0.2, 0.25) is 0 Å². The molecule has 1 aliphatic heterocycles. The first-order chi connectivity index (χ1) is 9.61. The fraction of sp³-hybridized carbons (Fsp3) is 0.533. The molecule has 1 saturated heterocycles. The molecule has 0 spiro atoms. The van der Waals surface area contributed by atoms with E-state index in [1.54, 1.807) is 19.2 Å². The number of benzene rings is 1. The van der Waals surface area contributed by atoms with Crippen LogP contribution in [0.5, 0.6) is 5.75 Å². The van der Waals surface area contributed by atoms with Crippen LogP contribution in [-0.4, -0.2) is 42.2 Å². The minimum Gasteiger partial charge on any atom is -0.495 e. The van der Waals surface area contributed by atoms with Crippen LogP contribution in [0, 0.1) is 0 Å². The average Bonchev–Trinajstić information content (AvgIpc) is 2.45. The smallest absolute Gasteiger partial charge is 0.321 e. The number of ether oxygens (including phenoxy) is 1. The van der Waals surface area contributed by atoms with Crippen molar-refractivity contribution >= 4 is 17.6 Å². The van der Waals surface area contributed by atoms with Gasteiger partial charge >= 0.3 is 5.97 Å². The number of rotatable bonds is 5. The summed E-state index contributed by atoms with van der Waals surface area (Å²) in [7, 11) is 1.56. The quantitative estimate of drug-likeness (QED) is 0.908. The topological polar surface area (TPSA) is 49.8 Å². The van der Waals surface area contributed by atoms with Gasteiger partial charge in [0.1, 0.15) is 11.8 Å². The number of hydrogen-bond donors (Lipinski definition) is 1. The second-order valence-corrected chi connectivity index (χ2v) is 5.53. The zero-order valence-corrected chi connectivity index (χ0v) is 12.4. The van der Waals surface area contributed by atoms with Gasteiger partial charge in [-0.25, -0.2) is 0 Å². The first-order valence-corrected chi connectivity index (χ1v) is 7.29. The minimum absolute atomic E-state index is 0.471. The van der Waals surface area contributed by atoms with Gasteiger partial charge in [0.25, 0.3) is 0 Å². The Morgan fingerprint density at radius 2 is 2.10 bits per heavy atom. The lowest BCUT2D eigenvalue weighted by Crippen LogP contribution is -2.45. The number of piperidine rings is 1. The normalized spacial score (nSPS) is 17.7. The van der Waals surface area contributed by atoms with E-state index in [0.29, 0.717) is 17.2 Å². The van der Waals surface area contributed by atoms with Crippen molar-refractivity contribution in [2.75, 3.05) is 20.2 Å². The summed E-state index contributed by atoms with van der Waals surface area (Å²) in [5.74, 6) is -0.154. The molecule has 0 aliphatic carbocycles. The number of carbonyl (C=O) groups is 1. The standard InChI is InChI=1S/C15H20ClNO3/c1-20-14-6-5-11(9-12(14)16)10-13(15(18)19)17-7-3-2-4-8-17/h5-6,9,13H,2-4,7-8,10H2,1H3,(H,18,19). The van der Waals surface area contributed by atoms with Crippen LogP contribution in [0.2, 0.25) is 5.02 Å². The molecule has 1 fully saturated rings. The summed E-state index contributed by atoms with van der Waals surface area (Å²) in [5.41, 5.74) is 0.925. The predicted octanol–water partition coefficient (Wildman–Crippen LogP) is 2.83. The van der Waals surface area contributed by atoms with E-state index < -0.39 is 12.0 Å². The summed E-state index contributed by atoms with van der Waals surface area (Å²) in [5, 5.41) is 9.98. The van der Waals surface area contributed by atoms with Crippen LogP contribution in [0.4, 0.5) is 0 Å². The lowest BCUT2D eigenvalue weighted by molar-refractivity contribution is -0.143. The third-order valence-corrected chi connectivity index (χ3v) is 4.06. The summed E-state index contributed by atoms with van der Waals surface area (Å²) in [6.45, 7) is 1.72. The Hall–Kier alpha value is -1.26. The van der Waals surface area contributed by atoms with Crippen molar-refractivity contribution in [1.29, 1.82) is 0 Å². The third-order valence-electron chi connectivity index (χ3n) is 3.76. The van der Waals surface area contributed by atoms with Crippen LogP contribution in [0.15, 0.2) is 18.2 Å². The molecule has 20 heavy (non-hydrogen) atoms. The minimum atomic E-state index is -0.765. The van der Waals surface area contributed by atoms with Crippen LogP contribution in [0.1, 0.15) is 24.8 Å². The maximum atomic E-state index is 11.5. The Morgan fingerprint density at radius 3 is 2.65 bits per heavy atom. The van der Waals surface area contributed by atoms with E-state index in [1.165, 1.54) is 6.42 Å². The van der Waals surface area contributed by atoms with E-state index in [1.807, 2.05) is 6.07 Å². The predicted molar refractivity (Wildman–Crippen MR) is 78.6 cm³/mol. The van der Waals surface area contributed by atoms with Crippen molar-refractivity contribution < 1.29 is 14.6 Å². The first-order valence-electron chi connectivity index (χ1n) is 6.91. The van der Waals surface area contributed by atoms with Crippen molar-refractivity contribution in [3.05, 3.63) is 28.8 Å². The van der Waals surface area contributed by atoms with Crippen LogP contribution in [0.25, 0.3) is 0 Å². The molecule has 110 valence electrons. The van der Waals surface area contributed by atoms with Crippen molar-refractivity contribution in [1.82, 2.24) is 4.90 Å². The number of halogens is 1. The number of likely N-dealkylation sites (tertiary alicyclic amines) is 1. The van der Waals surface area contributed by atoms with Gasteiger partial charge in [-0.15, -0.1) is 0 Å². The lowest BCUT2D eigenvalue weighted by Gasteiger charge is -2.32. The van der Waals surface area contributed by atoms with Gasteiger partial charge < -0.3 is 9.84 Å². The summed E-state index contributed by atoms with van der Waals surface area (Å²) in [6, 6.07) is 4.98. The van der Waals surface area contributed by atoms with Crippen LogP contribution in [-0.2, 0) is 11.2 Å². The number of hydrogen-bond acceptors (Lipinski definition) is 3. The molecule has 1 atom stereocenters. The summed E-state index contributed by atoms with van der Waals surface area (Å²) < 4.78 is 5.11. The number of nitrogens with zero attached hydrogens (tertiary/aromatic N) is 1. The monoisotopic (exact) mass is 297 g/mol. The summed E-state index contributed by atoms with van der Waals surface area (Å²) in [6.07, 6.45) is 3.82. The van der Waals surface area contributed by atoms with Crippen molar-refractivity contribution in [2.24, 2.45) is 0 Å². The van der Waals surface area contributed by atoms with Gasteiger partial charge in [0, 0.05) is 0 Å². The van der Waals surface area contributed by atoms with E-state index in [-0.39, 0.29) is 0 Å². The van der Waals surface area contributed by atoms with Gasteiger partial charge in [0.15, 0.2) is 0 Å². The highest BCUT2D eigenvalue weighted by Gasteiger charge is 2.27. The molecule has 1 unspecified atom stereocenters. The van der Waals surface area contributed by atoms with E-state index in [0.717, 1.165) is 31.5 Å². The highest BCUT2D eigenvalue weighted by molar-refractivity contribution is 6.32. The van der Waals surface area contributed by atoms with Crippen LogP contribution in [0.3, 0.4) is 0 Å². The molecule has 1 aliphatic rings. The second kappa shape index (κ2) is 6.95. The molecule has 0 aromatic heterocycles. The molecule has 0 saturated carbocycles. The maximum absolute atomic E-state index is 11.5. The van der Waals surface area contributed by atoms with Gasteiger partial charge in [-0.05, 0) is 50.0 Å². The van der Waals surface area contributed by atoms with E-state index in [9.17, 15) is 9.90 Å². The average molecular weight is 298 g/mol. The summed E-state index contributed by atoms with van der Waals surface area (Å²) in [4.78, 5) is 13.6. The SMILES string of the molecule is COc1ccc(CC(C(=O)O)N2CCCCC2)cc1Cl. The Bertz CT molecular complexity index is 472. The molecule has 0 amide bonds. The van der Waals surface area contributed by atoms with Crippen LogP contribution >= 0.6 is 11.6 Å². The Balaban J connectivity index is 2.11. The Labute approximate surface area is 124 Å². The molecule has 4 nitrogen and oxygen atoms in total. The Morgan fingerprint density at radius 1 is 1.40 bits per heavy atom. The lowest BCUT2D eigenvalue weighted by atomic mass is 10.0. The number of carboxylic acid groups (broad SMARTS) is 1. The molecule has 5 heteroatoms. The maximum Gasteiger partial charge on any atom is 0.321 e. The molecular weight excluding hydrogens is 278 g/mol. The fourth-order valence-electron chi connectivity index (χ4n) is 2.66. The Kier molecular flexibility index (Phi) is 5.26. The van der Waals surface area contributed by atoms with E-state index in [4.69, 9.17) is 16.3 Å². The van der Waals surface area contributed by atoms with Gasteiger partial charge in [-0.1, -0.05) is 24.1 Å². The van der Waals surface area contributed by atoms with Gasteiger partial charge in [-0.2, -0.15) is 0 Å². The fourth-order valence-corrected chi connectivity index (χ4v) is 2.94. The second-order valence-electron chi connectivity index (χ2n) is 5.12. The number of aliphatic carboxylic acids is 1. The van der Waals surface area contributed by atoms with Crippen LogP contribution < -0.4 is 4.74 Å². The molecule has 1 aromatic rings. The zero-order valence-electron chi connectivity index (χ0n) is 11.6. The molecule has 1 heterocycles. The molecule has 1 N–H and O–H groups in total. The summed E-state index contributed by atoms with van der Waals surface area (Å²) >= 11 is 6.09.